The molecule has 0 aliphatic heterocycles. The van der Waals surface area contributed by atoms with Crippen LogP contribution in [0, 0.1) is 0 Å². The Bertz CT molecular complexity index is 685. The van der Waals surface area contributed by atoms with Crippen LogP contribution in [-0.2, 0) is 4.79 Å². The molecule has 0 aromatic heterocycles. The Balaban J connectivity index is 2.13. The van der Waals surface area contributed by atoms with Crippen molar-refractivity contribution < 1.29 is 14.6 Å². The van der Waals surface area contributed by atoms with Gasteiger partial charge in [-0.25, -0.2) is 0 Å². The Morgan fingerprint density at radius 3 is 2.58 bits per heavy atom. The Morgan fingerprint density at radius 2 is 1.88 bits per heavy atom. The summed E-state index contributed by atoms with van der Waals surface area (Å²) < 4.78 is 5.80. The topological polar surface area (TPSA) is 70.6 Å². The van der Waals surface area contributed by atoms with Gasteiger partial charge in [-0.3, -0.25) is 4.79 Å². The van der Waals surface area contributed by atoms with Gasteiger partial charge in [0.25, 0.3) is 0 Å². The number of aliphatic hydroxyl groups is 1. The monoisotopic (exact) mass is 330 g/mol. The van der Waals surface area contributed by atoms with E-state index in [1.165, 1.54) is 0 Å². The SMILES string of the molecule is CCC(=O)Nc1cccc2c(OCC(O)CNC(C)C)cccc12. The third-order valence-corrected chi connectivity index (χ3v) is 3.67. The van der Waals surface area contributed by atoms with Gasteiger partial charge < -0.3 is 20.5 Å². The second-order valence-corrected chi connectivity index (χ2v) is 6.09. The van der Waals surface area contributed by atoms with Crippen LogP contribution >= 0.6 is 0 Å². The number of hydrogen-bond donors (Lipinski definition) is 3. The summed E-state index contributed by atoms with van der Waals surface area (Å²) in [6.07, 6.45) is -0.146. The highest BCUT2D eigenvalue weighted by Gasteiger charge is 2.10. The van der Waals surface area contributed by atoms with E-state index >= 15 is 0 Å². The van der Waals surface area contributed by atoms with Crippen molar-refractivity contribution >= 4 is 22.4 Å². The molecule has 2 aromatic carbocycles. The minimum Gasteiger partial charge on any atom is -0.490 e. The van der Waals surface area contributed by atoms with E-state index in [4.69, 9.17) is 4.74 Å². The molecule has 1 atom stereocenters. The standard InChI is InChI=1S/C19H26N2O3/c1-4-19(23)21-17-9-5-8-16-15(17)7-6-10-18(16)24-12-14(22)11-20-13(2)3/h5-10,13-14,20,22H,4,11-12H2,1-3H3,(H,21,23). The van der Waals surface area contributed by atoms with Gasteiger partial charge in [0.1, 0.15) is 18.5 Å². The quantitative estimate of drug-likeness (QED) is 0.696. The van der Waals surface area contributed by atoms with Gasteiger partial charge >= 0.3 is 0 Å². The van der Waals surface area contributed by atoms with Crippen molar-refractivity contribution in [3.8, 4) is 5.75 Å². The first-order valence-corrected chi connectivity index (χ1v) is 8.37. The first-order valence-electron chi connectivity index (χ1n) is 8.37. The summed E-state index contributed by atoms with van der Waals surface area (Å²) in [6, 6.07) is 11.7. The lowest BCUT2D eigenvalue weighted by atomic mass is 10.1. The van der Waals surface area contributed by atoms with Crippen molar-refractivity contribution in [1.82, 2.24) is 5.32 Å². The Kier molecular flexibility index (Phi) is 6.58. The maximum Gasteiger partial charge on any atom is 0.224 e. The third kappa shape index (κ3) is 4.94. The molecule has 5 heteroatoms. The zero-order valence-corrected chi connectivity index (χ0v) is 14.5. The fraction of sp³-hybridized carbons (Fsp3) is 0.421. The van der Waals surface area contributed by atoms with Gasteiger partial charge in [0, 0.05) is 35.5 Å². The Morgan fingerprint density at radius 1 is 1.17 bits per heavy atom. The van der Waals surface area contributed by atoms with Gasteiger partial charge in [0.15, 0.2) is 0 Å². The van der Waals surface area contributed by atoms with Crippen LogP contribution < -0.4 is 15.4 Å². The van der Waals surface area contributed by atoms with Crippen molar-refractivity contribution in [3.63, 3.8) is 0 Å². The van der Waals surface area contributed by atoms with E-state index in [1.54, 1.807) is 0 Å². The van der Waals surface area contributed by atoms with Crippen LogP contribution in [0.15, 0.2) is 36.4 Å². The second-order valence-electron chi connectivity index (χ2n) is 6.09. The van der Waals surface area contributed by atoms with Crippen molar-refractivity contribution in [2.75, 3.05) is 18.5 Å². The normalized spacial score (nSPS) is 12.4. The third-order valence-electron chi connectivity index (χ3n) is 3.67. The van der Waals surface area contributed by atoms with Crippen LogP contribution in [0.4, 0.5) is 5.69 Å². The smallest absolute Gasteiger partial charge is 0.224 e. The average molecular weight is 330 g/mol. The Labute approximate surface area is 143 Å². The summed E-state index contributed by atoms with van der Waals surface area (Å²) in [6.45, 7) is 6.58. The van der Waals surface area contributed by atoms with E-state index in [0.29, 0.717) is 24.8 Å². The van der Waals surface area contributed by atoms with Crippen molar-refractivity contribution in [1.29, 1.82) is 0 Å². The molecule has 2 rings (SSSR count). The van der Waals surface area contributed by atoms with Crippen LogP contribution in [0.3, 0.4) is 0 Å². The number of hydrogen-bond acceptors (Lipinski definition) is 4. The molecule has 130 valence electrons. The first-order chi connectivity index (χ1) is 11.5. The van der Waals surface area contributed by atoms with Crippen LogP contribution in [0.25, 0.3) is 10.8 Å². The fourth-order valence-electron chi connectivity index (χ4n) is 2.37. The summed E-state index contributed by atoms with van der Waals surface area (Å²) in [4.78, 5) is 11.7. The predicted molar refractivity (Wildman–Crippen MR) is 97.5 cm³/mol. The maximum absolute atomic E-state index is 11.7. The number of nitrogens with one attached hydrogen (secondary N) is 2. The van der Waals surface area contributed by atoms with E-state index in [9.17, 15) is 9.90 Å². The van der Waals surface area contributed by atoms with Gasteiger partial charge in [-0.1, -0.05) is 45.0 Å². The molecule has 1 amide bonds. The van der Waals surface area contributed by atoms with E-state index in [0.717, 1.165) is 16.5 Å². The van der Waals surface area contributed by atoms with E-state index in [2.05, 4.69) is 10.6 Å². The summed E-state index contributed by atoms with van der Waals surface area (Å²) in [5, 5.41) is 17.9. The second kappa shape index (κ2) is 8.66. The number of benzene rings is 2. The molecule has 0 saturated carbocycles. The molecule has 0 aliphatic carbocycles. The predicted octanol–water partition coefficient (Wildman–Crippen LogP) is 2.93. The molecule has 2 aromatic rings. The number of anilines is 1. The van der Waals surface area contributed by atoms with Crippen LogP contribution in [0.5, 0.6) is 5.75 Å². The summed E-state index contributed by atoms with van der Waals surface area (Å²) in [5.41, 5.74) is 0.770. The molecule has 0 spiro atoms. The van der Waals surface area contributed by atoms with Crippen molar-refractivity contribution in [2.45, 2.75) is 39.3 Å². The number of carbonyl (C=O) groups excluding carboxylic acids is 1. The van der Waals surface area contributed by atoms with E-state index in [-0.39, 0.29) is 12.5 Å². The minimum absolute atomic E-state index is 0.0241. The highest BCUT2D eigenvalue weighted by Crippen LogP contribution is 2.30. The molecule has 0 radical (unpaired) electrons. The molecular formula is C19H26N2O3. The molecule has 0 heterocycles. The minimum atomic E-state index is -0.578. The van der Waals surface area contributed by atoms with Gasteiger partial charge in [-0.15, -0.1) is 0 Å². The maximum atomic E-state index is 11.7. The highest BCUT2D eigenvalue weighted by atomic mass is 16.5. The molecule has 1 unspecified atom stereocenters. The van der Waals surface area contributed by atoms with Crippen LogP contribution in [0.1, 0.15) is 27.2 Å². The molecule has 5 nitrogen and oxygen atoms in total. The van der Waals surface area contributed by atoms with E-state index in [1.807, 2.05) is 57.2 Å². The number of aliphatic hydroxyl groups excluding tert-OH is 1. The number of carbonyl (C=O) groups is 1. The summed E-state index contributed by atoms with van der Waals surface area (Å²) >= 11 is 0. The summed E-state index contributed by atoms with van der Waals surface area (Å²) in [7, 11) is 0. The highest BCUT2D eigenvalue weighted by molar-refractivity contribution is 6.03. The number of amides is 1. The molecular weight excluding hydrogens is 304 g/mol. The van der Waals surface area contributed by atoms with Crippen LogP contribution in [-0.4, -0.2) is 36.3 Å². The average Bonchev–Trinajstić information content (AvgIpc) is 2.58. The van der Waals surface area contributed by atoms with Gasteiger partial charge in [-0.05, 0) is 12.1 Å². The zero-order valence-electron chi connectivity index (χ0n) is 14.5. The molecule has 3 N–H and O–H groups in total. The number of ether oxygens (including phenoxy) is 1. The van der Waals surface area contributed by atoms with Gasteiger partial charge in [0.05, 0.1) is 0 Å². The number of rotatable bonds is 8. The van der Waals surface area contributed by atoms with Crippen LogP contribution in [0.2, 0.25) is 0 Å². The largest absolute Gasteiger partial charge is 0.490 e. The first kappa shape index (κ1) is 18.2. The lowest BCUT2D eigenvalue weighted by molar-refractivity contribution is -0.115. The lowest BCUT2D eigenvalue weighted by Crippen LogP contribution is -2.35. The molecule has 0 fully saturated rings. The number of fused-ring (bicyclic) bond motifs is 1. The van der Waals surface area contributed by atoms with Crippen molar-refractivity contribution in [2.24, 2.45) is 0 Å². The lowest BCUT2D eigenvalue weighted by Gasteiger charge is -2.16. The van der Waals surface area contributed by atoms with Gasteiger partial charge in [-0.2, -0.15) is 0 Å². The van der Waals surface area contributed by atoms with Gasteiger partial charge in [0.2, 0.25) is 5.91 Å². The van der Waals surface area contributed by atoms with E-state index < -0.39 is 6.10 Å². The molecule has 0 saturated heterocycles. The summed E-state index contributed by atoms with van der Waals surface area (Å²) in [5.74, 6) is 0.674. The molecule has 0 aliphatic rings. The molecule has 24 heavy (non-hydrogen) atoms. The Hall–Kier alpha value is -2.11. The fourth-order valence-corrected chi connectivity index (χ4v) is 2.37. The van der Waals surface area contributed by atoms with Crippen molar-refractivity contribution in [3.05, 3.63) is 36.4 Å². The zero-order chi connectivity index (χ0) is 17.5. The molecule has 0 bridgehead atoms.